The minimum Gasteiger partial charge on any atom is -0.505 e. The highest BCUT2D eigenvalue weighted by Gasteiger charge is 2.16. The highest BCUT2D eigenvalue weighted by atomic mass is 32.2. The Morgan fingerprint density at radius 2 is 1.58 bits per heavy atom. The zero-order valence-corrected chi connectivity index (χ0v) is 20.5. The second-order valence-corrected chi connectivity index (χ2v) is 9.34. The van der Waals surface area contributed by atoms with Crippen molar-refractivity contribution in [3.63, 3.8) is 0 Å². The Kier molecular flexibility index (Phi) is 6.92. The first kappa shape index (κ1) is 26.0. The van der Waals surface area contributed by atoms with Crippen LogP contribution < -0.4 is 21.9 Å². The fourth-order valence-electron chi connectivity index (χ4n) is 3.51. The molecule has 0 aliphatic rings. The Morgan fingerprint density at radius 3 is 2.26 bits per heavy atom. The summed E-state index contributed by atoms with van der Waals surface area (Å²) in [6.45, 7) is 0. The number of ether oxygens (including phenoxy) is 1. The number of aromatic hydroxyl groups is 1. The number of anilines is 2. The number of benzene rings is 4. The van der Waals surface area contributed by atoms with Gasteiger partial charge in [0, 0.05) is 22.7 Å². The minimum absolute atomic E-state index is 0.0301. The molecule has 0 aliphatic carbocycles. The maximum atomic E-state index is 11.5. The Labute approximate surface area is 216 Å². The SMILES string of the molecule is COc1cc(N=Nc2cccc(C(N)=O)c2)c(N)cc1N=Nc1ccc2cc(S(=O)(=O)O)cc(N)c2c1O. The maximum absolute atomic E-state index is 11.5. The van der Waals surface area contributed by atoms with E-state index in [1.165, 1.54) is 43.5 Å². The zero-order valence-electron chi connectivity index (χ0n) is 19.7. The van der Waals surface area contributed by atoms with Crippen molar-refractivity contribution in [3.05, 3.63) is 66.2 Å². The van der Waals surface area contributed by atoms with Crippen molar-refractivity contribution in [2.24, 2.45) is 26.2 Å². The first-order valence-electron chi connectivity index (χ1n) is 10.7. The van der Waals surface area contributed by atoms with Gasteiger partial charge in [-0.2, -0.15) is 13.5 Å². The summed E-state index contributed by atoms with van der Waals surface area (Å²) in [5.74, 6) is -0.692. The molecule has 1 amide bonds. The summed E-state index contributed by atoms with van der Waals surface area (Å²) in [5.41, 5.74) is 18.6. The molecule has 13 nitrogen and oxygen atoms in total. The smallest absolute Gasteiger partial charge is 0.294 e. The average Bonchev–Trinajstić information content (AvgIpc) is 2.87. The van der Waals surface area contributed by atoms with Gasteiger partial charge in [-0.1, -0.05) is 12.1 Å². The van der Waals surface area contributed by atoms with Crippen LogP contribution in [0.1, 0.15) is 10.4 Å². The number of carbonyl (C=O) groups is 1. The van der Waals surface area contributed by atoms with Crippen LogP contribution in [0.25, 0.3) is 10.8 Å². The molecule has 0 atom stereocenters. The first-order valence-corrected chi connectivity index (χ1v) is 12.2. The molecule has 0 spiro atoms. The quantitative estimate of drug-likeness (QED) is 0.124. The highest BCUT2D eigenvalue weighted by molar-refractivity contribution is 7.85. The molecule has 0 unspecified atom stereocenters. The number of nitrogens with two attached hydrogens (primary N) is 3. The number of nitrogen functional groups attached to an aromatic ring is 2. The molecule has 0 heterocycles. The van der Waals surface area contributed by atoms with Gasteiger partial charge in [-0.3, -0.25) is 9.35 Å². The second-order valence-electron chi connectivity index (χ2n) is 7.92. The Morgan fingerprint density at radius 1 is 0.868 bits per heavy atom. The molecule has 14 heteroatoms. The monoisotopic (exact) mass is 535 g/mol. The van der Waals surface area contributed by atoms with Crippen molar-refractivity contribution in [3.8, 4) is 11.5 Å². The first-order chi connectivity index (χ1) is 18.0. The van der Waals surface area contributed by atoms with Crippen LogP contribution in [0.2, 0.25) is 0 Å². The molecular weight excluding hydrogens is 514 g/mol. The third kappa shape index (κ3) is 5.35. The molecule has 0 saturated carbocycles. The predicted octanol–water partition coefficient (Wildman–Crippen LogP) is 4.89. The molecule has 4 rings (SSSR count). The minimum atomic E-state index is -4.49. The van der Waals surface area contributed by atoms with Gasteiger partial charge < -0.3 is 27.0 Å². The summed E-state index contributed by atoms with van der Waals surface area (Å²) < 4.78 is 37.6. The second kappa shape index (κ2) is 10.1. The molecule has 0 saturated heterocycles. The lowest BCUT2D eigenvalue weighted by atomic mass is 10.1. The Bertz CT molecular complexity index is 1750. The number of primary amides is 1. The van der Waals surface area contributed by atoms with Crippen LogP contribution in [0.4, 0.5) is 34.1 Å². The van der Waals surface area contributed by atoms with E-state index in [1.54, 1.807) is 18.2 Å². The van der Waals surface area contributed by atoms with Gasteiger partial charge in [-0.05, 0) is 47.9 Å². The van der Waals surface area contributed by atoms with E-state index in [-0.39, 0.29) is 56.3 Å². The summed E-state index contributed by atoms with van der Waals surface area (Å²) in [7, 11) is -3.08. The van der Waals surface area contributed by atoms with Gasteiger partial charge in [0.2, 0.25) is 5.91 Å². The van der Waals surface area contributed by atoms with Crippen molar-refractivity contribution in [2.45, 2.75) is 4.90 Å². The van der Waals surface area contributed by atoms with Gasteiger partial charge in [-0.15, -0.1) is 15.3 Å². The summed E-state index contributed by atoms with van der Waals surface area (Å²) >= 11 is 0. The number of hydrogen-bond acceptors (Lipinski definition) is 11. The van der Waals surface area contributed by atoms with Crippen molar-refractivity contribution in [2.75, 3.05) is 18.6 Å². The maximum Gasteiger partial charge on any atom is 0.294 e. The van der Waals surface area contributed by atoms with Crippen LogP contribution in [0, 0.1) is 0 Å². The lowest BCUT2D eigenvalue weighted by molar-refractivity contribution is 0.1000. The van der Waals surface area contributed by atoms with Gasteiger partial charge >= 0.3 is 0 Å². The van der Waals surface area contributed by atoms with Crippen LogP contribution in [-0.4, -0.2) is 31.1 Å². The number of nitrogens with zero attached hydrogens (tertiary/aromatic N) is 4. The molecule has 0 aliphatic heterocycles. The highest BCUT2D eigenvalue weighted by Crippen LogP contribution is 2.42. The normalized spacial score (nSPS) is 11.9. The summed E-state index contributed by atoms with van der Waals surface area (Å²) in [6.07, 6.45) is 0. The number of carbonyl (C=O) groups excluding carboxylic acids is 1. The van der Waals surface area contributed by atoms with E-state index < -0.39 is 20.9 Å². The van der Waals surface area contributed by atoms with Crippen LogP contribution >= 0.6 is 0 Å². The molecule has 4 aromatic rings. The number of rotatable bonds is 7. The number of phenols is 1. The number of methoxy groups -OCH3 is 1. The molecule has 0 radical (unpaired) electrons. The van der Waals surface area contributed by atoms with E-state index >= 15 is 0 Å². The topological polar surface area (TPSA) is 228 Å². The number of fused-ring (bicyclic) bond motifs is 1. The lowest BCUT2D eigenvalue weighted by Gasteiger charge is -2.09. The molecule has 38 heavy (non-hydrogen) atoms. The fourth-order valence-corrected chi connectivity index (χ4v) is 4.06. The van der Waals surface area contributed by atoms with Crippen LogP contribution in [0.5, 0.6) is 11.5 Å². The van der Waals surface area contributed by atoms with Crippen molar-refractivity contribution in [1.82, 2.24) is 0 Å². The standard InChI is InChI=1S/C24H21N7O6S/c1-37-21-11-19(30-28-14-4-2-3-13(7-14)24(27)33)16(25)10-20(21)31-29-18-6-5-12-8-15(38(34,35)36)9-17(26)22(12)23(18)32/h2-11,32H,25-26H2,1H3,(H2,27,33)(H,34,35,36). The van der Waals surface area contributed by atoms with Gasteiger partial charge in [0.25, 0.3) is 10.1 Å². The molecule has 0 bridgehead atoms. The number of hydrogen-bond donors (Lipinski definition) is 5. The molecule has 4 aromatic carbocycles. The van der Waals surface area contributed by atoms with Gasteiger partial charge in [0.05, 0.1) is 23.4 Å². The molecular formula is C24H21N7O6S. The van der Waals surface area contributed by atoms with E-state index in [0.717, 1.165) is 6.07 Å². The number of azo groups is 2. The lowest BCUT2D eigenvalue weighted by Crippen LogP contribution is -2.10. The zero-order chi connectivity index (χ0) is 27.6. The molecule has 0 fully saturated rings. The van der Waals surface area contributed by atoms with Crippen LogP contribution in [-0.2, 0) is 10.1 Å². The van der Waals surface area contributed by atoms with Crippen LogP contribution in [0.15, 0.2) is 86.0 Å². The van der Waals surface area contributed by atoms with Crippen LogP contribution in [0.3, 0.4) is 0 Å². The summed E-state index contributed by atoms with van der Waals surface area (Å²) in [6, 6.07) is 14.3. The van der Waals surface area contributed by atoms with Crippen molar-refractivity contribution >= 4 is 60.9 Å². The molecule has 194 valence electrons. The van der Waals surface area contributed by atoms with Crippen molar-refractivity contribution in [1.29, 1.82) is 0 Å². The van der Waals surface area contributed by atoms with E-state index in [4.69, 9.17) is 21.9 Å². The Hall–Kier alpha value is -5.08. The van der Waals surface area contributed by atoms with Gasteiger partial charge in [-0.25, -0.2) is 0 Å². The fraction of sp³-hybridized carbons (Fsp3) is 0.0417. The van der Waals surface area contributed by atoms with Gasteiger partial charge in [0.15, 0.2) is 5.75 Å². The molecule has 0 aromatic heterocycles. The van der Waals surface area contributed by atoms with E-state index in [9.17, 15) is 22.9 Å². The van der Waals surface area contributed by atoms with Gasteiger partial charge in [0.1, 0.15) is 22.8 Å². The number of amides is 1. The Balaban J connectivity index is 1.67. The van der Waals surface area contributed by atoms with Crippen molar-refractivity contribution < 1.29 is 27.6 Å². The van der Waals surface area contributed by atoms with E-state index in [2.05, 4.69) is 20.5 Å². The summed E-state index contributed by atoms with van der Waals surface area (Å²) in [5, 5.41) is 27.5. The summed E-state index contributed by atoms with van der Waals surface area (Å²) in [4.78, 5) is 11.0. The predicted molar refractivity (Wildman–Crippen MR) is 141 cm³/mol. The van der Waals surface area contributed by atoms with E-state index in [0.29, 0.717) is 5.69 Å². The number of phenolic OH excluding ortho intramolecular Hbond substituents is 1. The largest absolute Gasteiger partial charge is 0.505 e. The van der Waals surface area contributed by atoms with E-state index in [1.807, 2.05) is 0 Å². The third-order valence-corrected chi connectivity index (χ3v) is 6.20. The third-order valence-electron chi connectivity index (χ3n) is 5.37. The molecule has 8 N–H and O–H groups in total. The average molecular weight is 536 g/mol.